The van der Waals surface area contributed by atoms with Crippen molar-refractivity contribution in [1.29, 1.82) is 0 Å². The van der Waals surface area contributed by atoms with E-state index < -0.39 is 0 Å². The first-order valence-electron chi connectivity index (χ1n) is 8.79. The lowest BCUT2D eigenvalue weighted by molar-refractivity contribution is 0.0989. The lowest BCUT2D eigenvalue weighted by atomic mass is 10.1. The van der Waals surface area contributed by atoms with Crippen molar-refractivity contribution in [2.24, 2.45) is 0 Å². The molecule has 5 nitrogen and oxygen atoms in total. The van der Waals surface area contributed by atoms with E-state index in [0.717, 1.165) is 33.7 Å². The summed E-state index contributed by atoms with van der Waals surface area (Å²) in [6.45, 7) is 4.59. The molecule has 2 aromatic carbocycles. The molecule has 27 heavy (non-hydrogen) atoms. The number of aromatic nitrogens is 2. The van der Waals surface area contributed by atoms with Gasteiger partial charge >= 0.3 is 0 Å². The number of carbonyl (C=O) groups excluding carboxylic acids is 1. The van der Waals surface area contributed by atoms with Gasteiger partial charge in [0.2, 0.25) is 5.95 Å². The van der Waals surface area contributed by atoms with Crippen LogP contribution in [0.1, 0.15) is 27.3 Å². The first-order chi connectivity index (χ1) is 13.0. The predicted molar refractivity (Wildman–Crippen MR) is 111 cm³/mol. The Balaban J connectivity index is 1.52. The summed E-state index contributed by atoms with van der Waals surface area (Å²) in [7, 11) is 0. The molecule has 0 radical (unpaired) electrons. The summed E-state index contributed by atoms with van der Waals surface area (Å²) in [5.41, 5.74) is 5.53. The maximum atomic E-state index is 12.9. The third kappa shape index (κ3) is 3.71. The van der Waals surface area contributed by atoms with Gasteiger partial charge in [0.05, 0.1) is 0 Å². The van der Waals surface area contributed by atoms with Crippen LogP contribution in [0.15, 0.2) is 53.0 Å². The van der Waals surface area contributed by atoms with Crippen LogP contribution in [0.5, 0.6) is 0 Å². The van der Waals surface area contributed by atoms with Crippen LogP contribution in [-0.4, -0.2) is 22.4 Å². The van der Waals surface area contributed by atoms with Gasteiger partial charge < -0.3 is 10.2 Å². The molecule has 0 saturated carbocycles. The van der Waals surface area contributed by atoms with E-state index in [1.165, 1.54) is 5.56 Å². The van der Waals surface area contributed by atoms with Gasteiger partial charge in [0.25, 0.3) is 5.91 Å². The zero-order valence-corrected chi connectivity index (χ0v) is 16.7. The topological polar surface area (TPSA) is 58.1 Å². The van der Waals surface area contributed by atoms with E-state index in [-0.39, 0.29) is 5.91 Å². The average Bonchev–Trinajstić information content (AvgIpc) is 3.04. The number of amides is 1. The summed E-state index contributed by atoms with van der Waals surface area (Å²) < 4.78 is 1.04. The SMILES string of the molecule is Cc1cc(C)nc(Nc2ccc(C(=O)N3CCc4cc(Br)ccc43)cc2)n1. The number of carbonyl (C=O) groups is 1. The van der Waals surface area contributed by atoms with Gasteiger partial charge in [0.1, 0.15) is 0 Å². The molecule has 0 fully saturated rings. The Kier molecular flexibility index (Phi) is 4.66. The van der Waals surface area contributed by atoms with Crippen molar-refractivity contribution in [3.05, 3.63) is 75.5 Å². The van der Waals surface area contributed by atoms with Crippen LogP contribution in [-0.2, 0) is 6.42 Å². The minimum absolute atomic E-state index is 0.0188. The molecule has 0 atom stereocenters. The van der Waals surface area contributed by atoms with E-state index in [2.05, 4.69) is 37.3 Å². The Hall–Kier alpha value is -2.73. The zero-order chi connectivity index (χ0) is 19.0. The first-order valence-corrected chi connectivity index (χ1v) is 9.58. The van der Waals surface area contributed by atoms with Gasteiger partial charge in [-0.05, 0) is 74.4 Å². The van der Waals surface area contributed by atoms with E-state index >= 15 is 0 Å². The van der Waals surface area contributed by atoms with Crippen LogP contribution >= 0.6 is 15.9 Å². The minimum atomic E-state index is 0.0188. The molecule has 3 aromatic rings. The highest BCUT2D eigenvalue weighted by atomic mass is 79.9. The summed E-state index contributed by atoms with van der Waals surface area (Å²) in [6, 6.07) is 15.4. The second-order valence-corrected chi connectivity index (χ2v) is 7.57. The standard InChI is InChI=1S/C21H19BrN4O/c1-13-11-14(2)24-21(23-13)25-18-6-3-15(4-7-18)20(27)26-10-9-16-12-17(22)5-8-19(16)26/h3-8,11-12H,9-10H2,1-2H3,(H,23,24,25). The van der Waals surface area contributed by atoms with Crippen molar-refractivity contribution < 1.29 is 4.79 Å². The molecule has 0 saturated heterocycles. The van der Waals surface area contributed by atoms with E-state index in [0.29, 0.717) is 18.1 Å². The Labute approximate surface area is 166 Å². The van der Waals surface area contributed by atoms with Crippen molar-refractivity contribution in [1.82, 2.24) is 9.97 Å². The highest BCUT2D eigenvalue weighted by Gasteiger charge is 2.25. The molecule has 1 aliphatic heterocycles. The molecule has 0 bridgehead atoms. The lowest BCUT2D eigenvalue weighted by Crippen LogP contribution is -2.28. The fraction of sp³-hybridized carbons (Fsp3) is 0.190. The molecule has 4 rings (SSSR count). The quantitative estimate of drug-likeness (QED) is 0.658. The smallest absolute Gasteiger partial charge is 0.258 e. The summed E-state index contributed by atoms with van der Waals surface area (Å²) >= 11 is 3.49. The number of nitrogens with one attached hydrogen (secondary N) is 1. The van der Waals surface area contributed by atoms with E-state index in [1.54, 1.807) is 0 Å². The highest BCUT2D eigenvalue weighted by Crippen LogP contribution is 2.31. The summed E-state index contributed by atoms with van der Waals surface area (Å²) in [6.07, 6.45) is 0.879. The number of fused-ring (bicyclic) bond motifs is 1. The molecule has 0 spiro atoms. The number of hydrogen-bond donors (Lipinski definition) is 1. The van der Waals surface area contributed by atoms with Gasteiger partial charge in [-0.15, -0.1) is 0 Å². The molecule has 136 valence electrons. The maximum Gasteiger partial charge on any atom is 0.258 e. The number of anilines is 3. The second kappa shape index (κ2) is 7.12. The number of rotatable bonds is 3. The van der Waals surface area contributed by atoms with Crippen LogP contribution < -0.4 is 10.2 Å². The minimum Gasteiger partial charge on any atom is -0.324 e. The first kappa shape index (κ1) is 17.7. The fourth-order valence-electron chi connectivity index (χ4n) is 3.34. The van der Waals surface area contributed by atoms with Crippen molar-refractivity contribution >= 4 is 39.2 Å². The molecule has 6 heteroatoms. The number of aryl methyl sites for hydroxylation is 2. The van der Waals surface area contributed by atoms with Crippen LogP contribution in [0, 0.1) is 13.8 Å². The van der Waals surface area contributed by atoms with Gasteiger partial charge in [-0.3, -0.25) is 4.79 Å². The molecule has 1 aromatic heterocycles. The van der Waals surface area contributed by atoms with Crippen molar-refractivity contribution in [3.63, 3.8) is 0 Å². The molecular formula is C21H19BrN4O. The van der Waals surface area contributed by atoms with Gasteiger partial charge in [-0.2, -0.15) is 0 Å². The normalized spacial score (nSPS) is 12.8. The van der Waals surface area contributed by atoms with Gasteiger partial charge in [-0.25, -0.2) is 9.97 Å². The zero-order valence-electron chi connectivity index (χ0n) is 15.2. The molecule has 1 amide bonds. The Morgan fingerprint density at radius 1 is 1.04 bits per heavy atom. The Morgan fingerprint density at radius 2 is 1.74 bits per heavy atom. The Bertz CT molecular complexity index is 997. The molecule has 1 aliphatic rings. The maximum absolute atomic E-state index is 12.9. The fourth-order valence-corrected chi connectivity index (χ4v) is 3.75. The van der Waals surface area contributed by atoms with Crippen LogP contribution in [0.2, 0.25) is 0 Å². The second-order valence-electron chi connectivity index (χ2n) is 6.66. The van der Waals surface area contributed by atoms with Crippen molar-refractivity contribution in [2.75, 3.05) is 16.8 Å². The van der Waals surface area contributed by atoms with Crippen molar-refractivity contribution in [3.8, 4) is 0 Å². The summed E-state index contributed by atoms with van der Waals surface area (Å²) in [4.78, 5) is 23.5. The van der Waals surface area contributed by atoms with E-state index in [4.69, 9.17) is 0 Å². The predicted octanol–water partition coefficient (Wildman–Crippen LogP) is 4.80. The molecule has 1 N–H and O–H groups in total. The number of halogens is 1. The van der Waals surface area contributed by atoms with Gasteiger partial charge in [0.15, 0.2) is 0 Å². The lowest BCUT2D eigenvalue weighted by Gasteiger charge is -2.17. The largest absolute Gasteiger partial charge is 0.324 e. The third-order valence-electron chi connectivity index (χ3n) is 4.55. The van der Waals surface area contributed by atoms with Crippen molar-refractivity contribution in [2.45, 2.75) is 20.3 Å². The summed E-state index contributed by atoms with van der Waals surface area (Å²) in [5, 5.41) is 3.19. The molecule has 2 heterocycles. The monoisotopic (exact) mass is 422 g/mol. The third-order valence-corrected chi connectivity index (χ3v) is 5.05. The summed E-state index contributed by atoms with van der Waals surface area (Å²) in [5.74, 6) is 0.580. The highest BCUT2D eigenvalue weighted by molar-refractivity contribution is 9.10. The Morgan fingerprint density at radius 3 is 2.44 bits per heavy atom. The van der Waals surface area contributed by atoms with Crippen LogP contribution in [0.3, 0.4) is 0 Å². The van der Waals surface area contributed by atoms with E-state index in [1.807, 2.05) is 61.2 Å². The van der Waals surface area contributed by atoms with Crippen LogP contribution in [0.4, 0.5) is 17.3 Å². The molecular weight excluding hydrogens is 404 g/mol. The van der Waals surface area contributed by atoms with Gasteiger partial charge in [-0.1, -0.05) is 15.9 Å². The number of nitrogens with zero attached hydrogens (tertiary/aromatic N) is 3. The van der Waals surface area contributed by atoms with Gasteiger partial charge in [0, 0.05) is 39.3 Å². The molecule has 0 aliphatic carbocycles. The average molecular weight is 423 g/mol. The van der Waals surface area contributed by atoms with Crippen LogP contribution in [0.25, 0.3) is 0 Å². The molecule has 0 unspecified atom stereocenters. The number of hydrogen-bond acceptors (Lipinski definition) is 4. The van der Waals surface area contributed by atoms with E-state index in [9.17, 15) is 4.79 Å². The number of benzene rings is 2.